The van der Waals surface area contributed by atoms with Crippen LogP contribution < -0.4 is 10.9 Å². The quantitative estimate of drug-likeness (QED) is 0.447. The molecule has 0 saturated heterocycles. The van der Waals surface area contributed by atoms with Crippen LogP contribution >= 0.6 is 11.3 Å². The average Bonchev–Trinajstić information content (AvgIpc) is 3.45. The molecule has 1 N–H and O–H groups in total. The molecule has 0 fully saturated rings. The normalized spacial score (nSPS) is 11.0. The molecule has 158 valence electrons. The summed E-state index contributed by atoms with van der Waals surface area (Å²) >= 11 is 1.58. The molecule has 0 bridgehead atoms. The smallest absolute Gasteiger partial charge is 0.253 e. The molecule has 0 aliphatic rings. The summed E-state index contributed by atoms with van der Waals surface area (Å²) < 4.78 is 2.99. The predicted molar refractivity (Wildman–Crippen MR) is 121 cm³/mol. The van der Waals surface area contributed by atoms with Gasteiger partial charge in [0.25, 0.3) is 5.56 Å². The molecule has 0 unspecified atom stereocenters. The third kappa shape index (κ3) is 3.91. The maximum Gasteiger partial charge on any atom is 0.253 e. The number of hydrogen-bond donors (Lipinski definition) is 1. The first kappa shape index (κ1) is 19.8. The van der Waals surface area contributed by atoms with E-state index in [1.165, 1.54) is 17.0 Å². The van der Waals surface area contributed by atoms with E-state index in [-0.39, 0.29) is 18.0 Å². The lowest BCUT2D eigenvalue weighted by Crippen LogP contribution is -2.27. The van der Waals surface area contributed by atoms with Crippen molar-refractivity contribution in [1.29, 1.82) is 0 Å². The highest BCUT2D eigenvalue weighted by Gasteiger charge is 2.12. The lowest BCUT2D eigenvalue weighted by atomic mass is 10.1. The summed E-state index contributed by atoms with van der Waals surface area (Å²) in [6.07, 6.45) is 1.37. The van der Waals surface area contributed by atoms with Crippen molar-refractivity contribution in [3.05, 3.63) is 82.4 Å². The molecule has 0 saturated carbocycles. The number of rotatable bonds is 5. The van der Waals surface area contributed by atoms with Crippen LogP contribution in [0.3, 0.4) is 0 Å². The molecule has 32 heavy (non-hydrogen) atoms. The number of fused-ring (bicyclic) bond motifs is 1. The molecule has 0 aliphatic heterocycles. The first-order valence-electron chi connectivity index (χ1n) is 9.76. The van der Waals surface area contributed by atoms with Gasteiger partial charge < -0.3 is 5.32 Å². The fourth-order valence-electron chi connectivity index (χ4n) is 3.22. The summed E-state index contributed by atoms with van der Waals surface area (Å²) in [6.45, 7) is 1.62. The van der Waals surface area contributed by atoms with Crippen LogP contribution in [0.4, 0.5) is 5.69 Å². The zero-order chi connectivity index (χ0) is 22.1. The van der Waals surface area contributed by atoms with Crippen LogP contribution in [0, 0.1) is 6.92 Å². The Morgan fingerprint density at radius 2 is 1.94 bits per heavy atom. The number of nitrogens with one attached hydrogen (secondary N) is 1. The minimum absolute atomic E-state index is 0.106. The van der Waals surface area contributed by atoms with E-state index in [0.29, 0.717) is 22.9 Å². The molecular formula is C22H17N7O2S. The predicted octanol–water partition coefficient (Wildman–Crippen LogP) is 3.02. The summed E-state index contributed by atoms with van der Waals surface area (Å²) in [4.78, 5) is 29.3. The first-order valence-corrected chi connectivity index (χ1v) is 10.6. The molecule has 9 nitrogen and oxygen atoms in total. The van der Waals surface area contributed by atoms with Gasteiger partial charge in [0.15, 0.2) is 11.5 Å². The fraction of sp³-hybridized carbons (Fsp3) is 0.0909. The van der Waals surface area contributed by atoms with Gasteiger partial charge in [-0.3, -0.25) is 14.2 Å². The number of aryl methyl sites for hydroxylation is 1. The Balaban J connectivity index is 1.34. The van der Waals surface area contributed by atoms with Gasteiger partial charge in [-0.05, 0) is 42.6 Å². The van der Waals surface area contributed by atoms with Gasteiger partial charge in [0.1, 0.15) is 6.54 Å². The molecule has 10 heteroatoms. The Kier molecular flexibility index (Phi) is 5.04. The molecule has 0 aliphatic carbocycles. The van der Waals surface area contributed by atoms with Crippen LogP contribution in [0.25, 0.3) is 27.6 Å². The fourth-order valence-corrected chi connectivity index (χ4v) is 3.91. The summed E-state index contributed by atoms with van der Waals surface area (Å²) in [6, 6.07) is 16.4. The van der Waals surface area contributed by atoms with E-state index in [0.717, 1.165) is 16.1 Å². The third-order valence-corrected chi connectivity index (χ3v) is 5.66. The molecular weight excluding hydrogens is 426 g/mol. The number of thiophene rings is 1. The summed E-state index contributed by atoms with van der Waals surface area (Å²) in [5, 5.41) is 17.9. The lowest BCUT2D eigenvalue weighted by molar-refractivity contribution is -0.116. The van der Waals surface area contributed by atoms with E-state index in [1.54, 1.807) is 34.9 Å². The van der Waals surface area contributed by atoms with Crippen LogP contribution in [0.2, 0.25) is 0 Å². The Bertz CT molecular complexity index is 1470. The minimum Gasteiger partial charge on any atom is -0.325 e. The van der Waals surface area contributed by atoms with Crippen LogP contribution in [0.15, 0.2) is 71.1 Å². The number of carbonyl (C=O) groups excluding carboxylic acids is 1. The zero-order valence-electron chi connectivity index (χ0n) is 17.0. The maximum absolute atomic E-state index is 12.3. The molecule has 0 spiro atoms. The van der Waals surface area contributed by atoms with Crippen LogP contribution in [-0.2, 0) is 11.3 Å². The third-order valence-electron chi connectivity index (χ3n) is 4.80. The van der Waals surface area contributed by atoms with Gasteiger partial charge in [0.05, 0.1) is 16.9 Å². The van der Waals surface area contributed by atoms with Crippen molar-refractivity contribution in [2.24, 2.45) is 0 Å². The monoisotopic (exact) mass is 443 g/mol. The highest BCUT2D eigenvalue weighted by Crippen LogP contribution is 2.25. The number of benzene rings is 1. The Hall–Kier alpha value is -4.18. The van der Waals surface area contributed by atoms with Crippen LogP contribution in [0.5, 0.6) is 0 Å². The van der Waals surface area contributed by atoms with Crippen molar-refractivity contribution in [1.82, 2.24) is 29.4 Å². The summed E-state index contributed by atoms with van der Waals surface area (Å²) in [5.74, 6) is 0.386. The van der Waals surface area contributed by atoms with Crippen molar-refractivity contribution < 1.29 is 4.79 Å². The molecule has 1 amide bonds. The molecule has 4 heterocycles. The van der Waals surface area contributed by atoms with Gasteiger partial charge in [0, 0.05) is 23.0 Å². The summed E-state index contributed by atoms with van der Waals surface area (Å²) in [7, 11) is 0. The van der Waals surface area contributed by atoms with Gasteiger partial charge in [-0.1, -0.05) is 18.2 Å². The van der Waals surface area contributed by atoms with E-state index >= 15 is 0 Å². The largest absolute Gasteiger partial charge is 0.325 e. The van der Waals surface area contributed by atoms with E-state index < -0.39 is 0 Å². The maximum atomic E-state index is 12.3. The second-order valence-electron chi connectivity index (χ2n) is 7.11. The molecule has 1 aromatic carbocycles. The number of nitrogens with zero attached hydrogens (tertiary/aromatic N) is 6. The number of aromatic nitrogens is 6. The van der Waals surface area contributed by atoms with Gasteiger partial charge in [-0.2, -0.15) is 9.61 Å². The summed E-state index contributed by atoms with van der Waals surface area (Å²) in [5.41, 5.74) is 3.28. The van der Waals surface area contributed by atoms with Crippen molar-refractivity contribution in [2.45, 2.75) is 13.5 Å². The molecule has 0 atom stereocenters. The number of hydrogen-bond acceptors (Lipinski definition) is 7. The van der Waals surface area contributed by atoms with E-state index in [1.807, 2.05) is 41.8 Å². The SMILES string of the molecule is Cc1cc(=O)n(CC(=O)Nc2ccc(-c3ccc4nnc(-c5cccs5)n4n3)cc2)cn1. The molecule has 0 radical (unpaired) electrons. The highest BCUT2D eigenvalue weighted by molar-refractivity contribution is 7.13. The standard InChI is InChI=1S/C22H17N7O2S/c1-14-11-21(31)28(13-23-14)12-20(30)24-16-6-4-15(5-7-16)17-8-9-19-25-26-22(29(19)27-17)18-3-2-10-32-18/h2-11,13H,12H2,1H3,(H,24,30). The van der Waals surface area contributed by atoms with Crippen molar-refractivity contribution in [3.63, 3.8) is 0 Å². The first-order chi connectivity index (χ1) is 15.6. The lowest BCUT2D eigenvalue weighted by Gasteiger charge is -2.08. The second-order valence-corrected chi connectivity index (χ2v) is 8.06. The molecule has 5 aromatic rings. The molecule has 5 rings (SSSR count). The van der Waals surface area contributed by atoms with E-state index in [9.17, 15) is 9.59 Å². The van der Waals surface area contributed by atoms with Crippen molar-refractivity contribution >= 4 is 28.6 Å². The van der Waals surface area contributed by atoms with Gasteiger partial charge >= 0.3 is 0 Å². The highest BCUT2D eigenvalue weighted by atomic mass is 32.1. The minimum atomic E-state index is -0.310. The van der Waals surface area contributed by atoms with Gasteiger partial charge in [-0.15, -0.1) is 21.5 Å². The number of amides is 1. The van der Waals surface area contributed by atoms with Crippen molar-refractivity contribution in [3.8, 4) is 22.0 Å². The van der Waals surface area contributed by atoms with Crippen molar-refractivity contribution in [2.75, 3.05) is 5.32 Å². The van der Waals surface area contributed by atoms with Crippen LogP contribution in [-0.4, -0.2) is 35.3 Å². The Labute approximate surface area is 186 Å². The van der Waals surface area contributed by atoms with Gasteiger partial charge in [0.2, 0.25) is 5.91 Å². The molecule has 4 aromatic heterocycles. The van der Waals surface area contributed by atoms with Crippen LogP contribution in [0.1, 0.15) is 5.69 Å². The topological polar surface area (TPSA) is 107 Å². The Morgan fingerprint density at radius 1 is 1.09 bits per heavy atom. The number of carbonyl (C=O) groups is 1. The average molecular weight is 443 g/mol. The van der Waals surface area contributed by atoms with E-state index in [4.69, 9.17) is 5.10 Å². The van der Waals surface area contributed by atoms with Gasteiger partial charge in [-0.25, -0.2) is 4.98 Å². The number of anilines is 1. The zero-order valence-corrected chi connectivity index (χ0v) is 17.8. The van der Waals surface area contributed by atoms with E-state index in [2.05, 4.69) is 20.5 Å². The Morgan fingerprint density at radius 3 is 2.69 bits per heavy atom. The second kappa shape index (κ2) is 8.16.